The standard InChI is InChI=1S/C25H19Cl2FN2O3/c26-17-8-10-19(11-9-17)30-23(31)15-22(25(30)33)29(13-12-16-4-3-5-18(27)14-16)24(32)20-6-1-2-7-21(20)28/h1-11,14,22H,12-13,15H2. The molecule has 1 fully saturated rings. The molecule has 1 aliphatic heterocycles. The van der Waals surface area contributed by atoms with E-state index in [9.17, 15) is 18.8 Å². The van der Waals surface area contributed by atoms with E-state index < -0.39 is 29.6 Å². The first-order valence-corrected chi connectivity index (χ1v) is 11.0. The fourth-order valence-corrected chi connectivity index (χ4v) is 4.19. The Kier molecular flexibility index (Phi) is 6.77. The van der Waals surface area contributed by atoms with E-state index in [0.717, 1.165) is 10.5 Å². The lowest BCUT2D eigenvalue weighted by atomic mass is 10.1. The lowest BCUT2D eigenvalue weighted by molar-refractivity contribution is -0.122. The summed E-state index contributed by atoms with van der Waals surface area (Å²) in [5.74, 6) is -2.33. The van der Waals surface area contributed by atoms with Crippen LogP contribution in [0.4, 0.5) is 10.1 Å². The van der Waals surface area contributed by atoms with Crippen LogP contribution in [0.15, 0.2) is 72.8 Å². The van der Waals surface area contributed by atoms with Crippen molar-refractivity contribution in [2.45, 2.75) is 18.9 Å². The van der Waals surface area contributed by atoms with E-state index in [4.69, 9.17) is 23.2 Å². The number of imide groups is 1. The first-order chi connectivity index (χ1) is 15.8. The maximum Gasteiger partial charge on any atom is 0.257 e. The maximum atomic E-state index is 14.4. The van der Waals surface area contributed by atoms with Crippen molar-refractivity contribution in [2.75, 3.05) is 11.4 Å². The zero-order valence-corrected chi connectivity index (χ0v) is 18.9. The van der Waals surface area contributed by atoms with Gasteiger partial charge < -0.3 is 4.90 Å². The van der Waals surface area contributed by atoms with Crippen molar-refractivity contribution in [1.29, 1.82) is 0 Å². The van der Waals surface area contributed by atoms with Crippen molar-refractivity contribution in [3.05, 3.63) is 99.8 Å². The number of rotatable bonds is 6. The monoisotopic (exact) mass is 484 g/mol. The van der Waals surface area contributed by atoms with Gasteiger partial charge in [0, 0.05) is 16.6 Å². The Morgan fingerprint density at radius 2 is 1.70 bits per heavy atom. The van der Waals surface area contributed by atoms with Crippen LogP contribution in [0, 0.1) is 5.82 Å². The molecule has 1 atom stereocenters. The van der Waals surface area contributed by atoms with E-state index in [-0.39, 0.29) is 18.5 Å². The molecular weight excluding hydrogens is 466 g/mol. The molecule has 3 aromatic rings. The fraction of sp³-hybridized carbons (Fsp3) is 0.160. The van der Waals surface area contributed by atoms with Gasteiger partial charge in [-0.05, 0) is 60.5 Å². The van der Waals surface area contributed by atoms with E-state index in [1.54, 1.807) is 48.5 Å². The highest BCUT2D eigenvalue weighted by Crippen LogP contribution is 2.28. The minimum Gasteiger partial charge on any atom is -0.326 e. The summed E-state index contributed by atoms with van der Waals surface area (Å²) in [6.07, 6.45) is 0.177. The van der Waals surface area contributed by atoms with Crippen LogP contribution < -0.4 is 4.90 Å². The molecule has 0 bridgehead atoms. The van der Waals surface area contributed by atoms with Crippen molar-refractivity contribution in [2.24, 2.45) is 0 Å². The van der Waals surface area contributed by atoms with E-state index >= 15 is 0 Å². The molecule has 3 aromatic carbocycles. The van der Waals surface area contributed by atoms with Crippen molar-refractivity contribution in [3.8, 4) is 0 Å². The molecule has 0 N–H and O–H groups in total. The Bertz CT molecular complexity index is 1220. The second-order valence-electron chi connectivity index (χ2n) is 7.62. The maximum absolute atomic E-state index is 14.4. The summed E-state index contributed by atoms with van der Waals surface area (Å²) in [6.45, 7) is 0.103. The molecule has 0 aromatic heterocycles. The smallest absolute Gasteiger partial charge is 0.257 e. The quantitative estimate of drug-likeness (QED) is 0.454. The zero-order chi connectivity index (χ0) is 23.5. The first-order valence-electron chi connectivity index (χ1n) is 10.3. The summed E-state index contributed by atoms with van der Waals surface area (Å²) in [5.41, 5.74) is 1.05. The number of amides is 3. The van der Waals surface area contributed by atoms with Crippen molar-refractivity contribution < 1.29 is 18.8 Å². The molecular formula is C25H19Cl2FN2O3. The average Bonchev–Trinajstić information content (AvgIpc) is 3.08. The summed E-state index contributed by atoms with van der Waals surface area (Å²) in [6, 6.07) is 17.9. The van der Waals surface area contributed by atoms with Gasteiger partial charge in [0.25, 0.3) is 11.8 Å². The van der Waals surface area contributed by atoms with E-state index in [0.29, 0.717) is 22.2 Å². The molecule has 1 aliphatic rings. The van der Waals surface area contributed by atoms with Crippen molar-refractivity contribution in [3.63, 3.8) is 0 Å². The predicted molar refractivity (Wildman–Crippen MR) is 125 cm³/mol. The Hall–Kier alpha value is -3.22. The van der Waals surface area contributed by atoms with Crippen LogP contribution in [0.5, 0.6) is 0 Å². The predicted octanol–water partition coefficient (Wildman–Crippen LogP) is 5.15. The average molecular weight is 485 g/mol. The first kappa shape index (κ1) is 23.0. The highest BCUT2D eigenvalue weighted by atomic mass is 35.5. The van der Waals surface area contributed by atoms with Gasteiger partial charge in [0.15, 0.2) is 0 Å². The van der Waals surface area contributed by atoms with Gasteiger partial charge >= 0.3 is 0 Å². The second kappa shape index (κ2) is 9.73. The minimum atomic E-state index is -1.06. The van der Waals surface area contributed by atoms with Crippen LogP contribution in [0.1, 0.15) is 22.3 Å². The molecule has 168 valence electrons. The van der Waals surface area contributed by atoms with Gasteiger partial charge in [-0.1, -0.05) is 47.5 Å². The number of halogens is 3. The largest absolute Gasteiger partial charge is 0.326 e. The molecule has 0 radical (unpaired) electrons. The molecule has 8 heteroatoms. The van der Waals surface area contributed by atoms with Crippen LogP contribution in [-0.2, 0) is 16.0 Å². The molecule has 1 saturated heterocycles. The molecule has 3 amide bonds. The van der Waals surface area contributed by atoms with Gasteiger partial charge in [-0.3, -0.25) is 14.4 Å². The van der Waals surface area contributed by atoms with Crippen LogP contribution in [0.25, 0.3) is 0 Å². The van der Waals surface area contributed by atoms with Gasteiger partial charge in [0.1, 0.15) is 11.9 Å². The molecule has 0 saturated carbocycles. The van der Waals surface area contributed by atoms with Gasteiger partial charge in [-0.25, -0.2) is 9.29 Å². The van der Waals surface area contributed by atoms with Crippen LogP contribution in [0.3, 0.4) is 0 Å². The molecule has 33 heavy (non-hydrogen) atoms. The summed E-state index contributed by atoms with van der Waals surface area (Å²) < 4.78 is 14.4. The number of benzene rings is 3. The van der Waals surface area contributed by atoms with Gasteiger partial charge in [0.05, 0.1) is 17.7 Å². The number of nitrogens with zero attached hydrogens (tertiary/aromatic N) is 2. The lowest BCUT2D eigenvalue weighted by Crippen LogP contribution is -2.46. The molecule has 0 spiro atoms. The number of carbonyl (C=O) groups excluding carboxylic acids is 3. The molecule has 0 aliphatic carbocycles. The third kappa shape index (κ3) is 4.92. The van der Waals surface area contributed by atoms with Crippen molar-refractivity contribution >= 4 is 46.6 Å². The topological polar surface area (TPSA) is 57.7 Å². The van der Waals surface area contributed by atoms with Crippen molar-refractivity contribution in [1.82, 2.24) is 4.90 Å². The van der Waals surface area contributed by atoms with Gasteiger partial charge in [0.2, 0.25) is 5.91 Å². The molecule has 1 heterocycles. The number of carbonyl (C=O) groups is 3. The Balaban J connectivity index is 1.65. The third-order valence-corrected chi connectivity index (χ3v) is 5.97. The Labute approximate surface area is 200 Å². The number of anilines is 1. The fourth-order valence-electron chi connectivity index (χ4n) is 3.85. The Morgan fingerprint density at radius 1 is 0.970 bits per heavy atom. The van der Waals surface area contributed by atoms with E-state index in [1.165, 1.54) is 23.1 Å². The summed E-state index contributed by atoms with van der Waals surface area (Å²) in [4.78, 5) is 41.7. The van der Waals surface area contributed by atoms with Crippen LogP contribution >= 0.6 is 23.2 Å². The SMILES string of the molecule is O=C1CC(N(CCc2cccc(Cl)c2)C(=O)c2ccccc2F)C(=O)N1c1ccc(Cl)cc1. The number of hydrogen-bond donors (Lipinski definition) is 0. The summed E-state index contributed by atoms with van der Waals surface area (Å²) >= 11 is 12.0. The molecule has 4 rings (SSSR count). The summed E-state index contributed by atoms with van der Waals surface area (Å²) in [5, 5.41) is 1.01. The number of hydrogen-bond acceptors (Lipinski definition) is 3. The molecule has 1 unspecified atom stereocenters. The molecule has 5 nitrogen and oxygen atoms in total. The van der Waals surface area contributed by atoms with E-state index in [1.807, 2.05) is 6.07 Å². The highest BCUT2D eigenvalue weighted by molar-refractivity contribution is 6.31. The van der Waals surface area contributed by atoms with E-state index in [2.05, 4.69) is 0 Å². The highest BCUT2D eigenvalue weighted by Gasteiger charge is 2.44. The van der Waals surface area contributed by atoms with Crippen LogP contribution in [0.2, 0.25) is 10.0 Å². The zero-order valence-electron chi connectivity index (χ0n) is 17.4. The second-order valence-corrected chi connectivity index (χ2v) is 8.49. The summed E-state index contributed by atoms with van der Waals surface area (Å²) in [7, 11) is 0. The minimum absolute atomic E-state index is 0.103. The lowest BCUT2D eigenvalue weighted by Gasteiger charge is -2.28. The van der Waals surface area contributed by atoms with Crippen LogP contribution in [-0.4, -0.2) is 35.2 Å². The Morgan fingerprint density at radius 3 is 2.39 bits per heavy atom. The normalized spacial score (nSPS) is 15.7. The van der Waals surface area contributed by atoms with Gasteiger partial charge in [-0.2, -0.15) is 0 Å². The third-order valence-electron chi connectivity index (χ3n) is 5.48. The van der Waals surface area contributed by atoms with Gasteiger partial charge in [-0.15, -0.1) is 0 Å².